The SMILES string of the molecule is COc1ccc([N+](=O)[O-])c(N=C(Cl)C(F)(F)F)c1. The lowest BCUT2D eigenvalue weighted by Gasteiger charge is -2.05. The predicted octanol–water partition coefficient (Wildman–Crippen LogP) is 3.43. The second kappa shape index (κ2) is 5.21. The van der Waals surface area contributed by atoms with Crippen LogP contribution in [-0.4, -0.2) is 23.4 Å². The molecular formula is C9H6ClF3N2O3. The first kappa shape index (κ1) is 14.2. The molecule has 5 nitrogen and oxygen atoms in total. The first-order chi connectivity index (χ1) is 8.25. The van der Waals surface area contributed by atoms with Gasteiger partial charge in [0.1, 0.15) is 11.4 Å². The van der Waals surface area contributed by atoms with E-state index in [4.69, 9.17) is 16.3 Å². The number of benzene rings is 1. The summed E-state index contributed by atoms with van der Waals surface area (Å²) in [7, 11) is 1.26. The summed E-state index contributed by atoms with van der Waals surface area (Å²) < 4.78 is 41.3. The highest BCUT2D eigenvalue weighted by molar-refractivity contribution is 6.67. The lowest BCUT2D eigenvalue weighted by molar-refractivity contribution is -0.384. The van der Waals surface area contributed by atoms with Crippen LogP contribution >= 0.6 is 11.6 Å². The number of hydrogen-bond acceptors (Lipinski definition) is 4. The van der Waals surface area contributed by atoms with Crippen LogP contribution in [0.15, 0.2) is 23.2 Å². The molecule has 0 saturated heterocycles. The van der Waals surface area contributed by atoms with Crippen LogP contribution in [0.2, 0.25) is 0 Å². The highest BCUT2D eigenvalue weighted by atomic mass is 35.5. The minimum atomic E-state index is -4.86. The van der Waals surface area contributed by atoms with Gasteiger partial charge >= 0.3 is 6.18 Å². The highest BCUT2D eigenvalue weighted by Gasteiger charge is 2.35. The van der Waals surface area contributed by atoms with Crippen molar-refractivity contribution >= 4 is 28.1 Å². The van der Waals surface area contributed by atoms with Gasteiger partial charge in [-0.05, 0) is 6.07 Å². The maximum absolute atomic E-state index is 12.2. The first-order valence-corrected chi connectivity index (χ1v) is 4.77. The molecule has 0 aromatic heterocycles. The van der Waals surface area contributed by atoms with Gasteiger partial charge in [-0.25, -0.2) is 4.99 Å². The number of alkyl halides is 3. The maximum atomic E-state index is 12.2. The summed E-state index contributed by atoms with van der Waals surface area (Å²) >= 11 is 4.93. The molecule has 1 aromatic rings. The summed E-state index contributed by atoms with van der Waals surface area (Å²) in [6.07, 6.45) is -4.86. The van der Waals surface area contributed by atoms with Crippen LogP contribution in [0.4, 0.5) is 24.5 Å². The van der Waals surface area contributed by atoms with Crippen LogP contribution in [0.25, 0.3) is 0 Å². The fourth-order valence-electron chi connectivity index (χ4n) is 1.04. The molecule has 0 N–H and O–H groups in total. The Bertz CT molecular complexity index is 502. The Kier molecular flexibility index (Phi) is 4.12. The number of hydrogen-bond donors (Lipinski definition) is 0. The number of nitrogens with zero attached hydrogens (tertiary/aromatic N) is 2. The molecule has 1 aromatic carbocycles. The minimum absolute atomic E-state index is 0.131. The molecule has 0 aliphatic heterocycles. The van der Waals surface area contributed by atoms with Crippen LogP contribution in [0, 0.1) is 10.1 Å². The number of methoxy groups -OCH3 is 1. The summed E-state index contributed by atoms with van der Waals surface area (Å²) in [6.45, 7) is 0. The largest absolute Gasteiger partial charge is 0.497 e. The van der Waals surface area contributed by atoms with E-state index in [0.717, 1.165) is 12.1 Å². The van der Waals surface area contributed by atoms with Crippen molar-refractivity contribution in [3.8, 4) is 5.75 Å². The van der Waals surface area contributed by atoms with Crippen molar-refractivity contribution in [3.63, 3.8) is 0 Å². The van der Waals surface area contributed by atoms with Gasteiger partial charge < -0.3 is 4.74 Å². The quantitative estimate of drug-likeness (QED) is 0.484. The number of rotatable bonds is 3. The molecule has 9 heteroatoms. The maximum Gasteiger partial charge on any atom is 0.444 e. The molecule has 0 saturated carbocycles. The van der Waals surface area contributed by atoms with E-state index in [1.807, 2.05) is 0 Å². The second-order valence-electron chi connectivity index (χ2n) is 3.01. The van der Waals surface area contributed by atoms with E-state index in [-0.39, 0.29) is 5.75 Å². The molecule has 0 atom stereocenters. The van der Waals surface area contributed by atoms with E-state index >= 15 is 0 Å². The number of aliphatic imine (C=N–C) groups is 1. The van der Waals surface area contributed by atoms with Gasteiger partial charge in [0.15, 0.2) is 0 Å². The van der Waals surface area contributed by atoms with E-state index in [1.54, 1.807) is 0 Å². The van der Waals surface area contributed by atoms with Gasteiger partial charge in [0.05, 0.1) is 12.0 Å². The van der Waals surface area contributed by atoms with E-state index in [1.165, 1.54) is 13.2 Å². The second-order valence-corrected chi connectivity index (χ2v) is 3.37. The fraction of sp³-hybridized carbons (Fsp3) is 0.222. The first-order valence-electron chi connectivity index (χ1n) is 4.39. The van der Waals surface area contributed by atoms with Crippen LogP contribution in [0.3, 0.4) is 0 Å². The highest BCUT2D eigenvalue weighted by Crippen LogP contribution is 2.33. The Morgan fingerprint density at radius 2 is 2.11 bits per heavy atom. The third-order valence-electron chi connectivity index (χ3n) is 1.83. The minimum Gasteiger partial charge on any atom is -0.497 e. The molecule has 0 fully saturated rings. The average molecular weight is 283 g/mol. The summed E-state index contributed by atoms with van der Waals surface area (Å²) in [5.74, 6) is 0.131. The van der Waals surface area contributed by atoms with Crippen LogP contribution in [0.1, 0.15) is 0 Å². The van der Waals surface area contributed by atoms with Crippen LogP contribution < -0.4 is 4.74 Å². The number of ether oxygens (including phenoxy) is 1. The van der Waals surface area contributed by atoms with Gasteiger partial charge in [0.25, 0.3) is 5.69 Å². The molecular weight excluding hydrogens is 277 g/mol. The van der Waals surface area contributed by atoms with Crippen molar-refractivity contribution in [2.75, 3.05) is 7.11 Å². The van der Waals surface area contributed by atoms with Crippen LogP contribution in [-0.2, 0) is 0 Å². The van der Waals surface area contributed by atoms with Gasteiger partial charge in [-0.15, -0.1) is 0 Å². The van der Waals surface area contributed by atoms with Crippen molar-refractivity contribution in [1.82, 2.24) is 0 Å². The smallest absolute Gasteiger partial charge is 0.444 e. The molecule has 1 rings (SSSR count). The fourth-order valence-corrected chi connectivity index (χ4v) is 1.13. The zero-order chi connectivity index (χ0) is 13.9. The molecule has 0 unspecified atom stereocenters. The van der Waals surface area contributed by atoms with Crippen LogP contribution in [0.5, 0.6) is 5.75 Å². The van der Waals surface area contributed by atoms with Crippen molar-refractivity contribution in [3.05, 3.63) is 28.3 Å². The predicted molar refractivity (Wildman–Crippen MR) is 58.7 cm³/mol. The molecule has 0 aliphatic carbocycles. The van der Waals surface area contributed by atoms with Gasteiger partial charge in [-0.2, -0.15) is 13.2 Å². The summed E-state index contributed by atoms with van der Waals surface area (Å²) in [5.41, 5.74) is -1.13. The average Bonchev–Trinajstić information content (AvgIpc) is 2.27. The third-order valence-corrected chi connectivity index (χ3v) is 2.13. The summed E-state index contributed by atoms with van der Waals surface area (Å²) in [6, 6.07) is 3.21. The standard InChI is InChI=1S/C9H6ClF3N2O3/c1-18-5-2-3-7(15(16)17)6(4-5)14-8(10)9(11,12)13/h2-4H,1H3. The summed E-state index contributed by atoms with van der Waals surface area (Å²) in [4.78, 5) is 12.8. The normalized spacial score (nSPS) is 12.4. The van der Waals surface area contributed by atoms with E-state index in [9.17, 15) is 23.3 Å². The van der Waals surface area contributed by atoms with E-state index < -0.39 is 27.6 Å². The molecule has 0 amide bonds. The third kappa shape index (κ3) is 3.33. The zero-order valence-electron chi connectivity index (χ0n) is 8.86. The number of nitro benzene ring substituents is 1. The lowest BCUT2D eigenvalue weighted by Crippen LogP contribution is -2.16. The molecule has 0 aliphatic rings. The van der Waals surface area contributed by atoms with Crippen molar-refractivity contribution in [1.29, 1.82) is 0 Å². The molecule has 98 valence electrons. The lowest BCUT2D eigenvalue weighted by atomic mass is 10.2. The van der Waals surface area contributed by atoms with Crippen molar-refractivity contribution in [2.24, 2.45) is 4.99 Å². The topological polar surface area (TPSA) is 64.7 Å². The Morgan fingerprint density at radius 1 is 1.50 bits per heavy atom. The molecule has 0 heterocycles. The molecule has 0 bridgehead atoms. The summed E-state index contributed by atoms with van der Waals surface area (Å²) in [5, 5.41) is 8.93. The van der Waals surface area contributed by atoms with Crippen molar-refractivity contribution < 1.29 is 22.8 Å². The zero-order valence-corrected chi connectivity index (χ0v) is 9.62. The Balaban J connectivity index is 3.33. The van der Waals surface area contributed by atoms with Gasteiger partial charge in [-0.3, -0.25) is 10.1 Å². The van der Waals surface area contributed by atoms with E-state index in [2.05, 4.69) is 4.99 Å². The molecule has 18 heavy (non-hydrogen) atoms. The van der Waals surface area contributed by atoms with Gasteiger partial charge in [-0.1, -0.05) is 11.6 Å². The Morgan fingerprint density at radius 3 is 2.56 bits per heavy atom. The van der Waals surface area contributed by atoms with Crippen molar-refractivity contribution in [2.45, 2.75) is 6.18 Å². The monoisotopic (exact) mass is 282 g/mol. The molecule has 0 spiro atoms. The Hall–Kier alpha value is -1.83. The van der Waals surface area contributed by atoms with E-state index in [0.29, 0.717) is 0 Å². The number of halogens is 4. The number of nitro groups is 1. The molecule has 0 radical (unpaired) electrons. The Labute approximate surface area is 104 Å². The van der Waals surface area contributed by atoms with Gasteiger partial charge in [0, 0.05) is 12.1 Å². The van der Waals surface area contributed by atoms with Gasteiger partial charge in [0.2, 0.25) is 5.17 Å².